The maximum absolute atomic E-state index is 12.8. The van der Waals surface area contributed by atoms with Gasteiger partial charge >= 0.3 is 5.97 Å². The quantitative estimate of drug-likeness (QED) is 0.435. The van der Waals surface area contributed by atoms with Gasteiger partial charge in [-0.25, -0.2) is 13.2 Å². The summed E-state index contributed by atoms with van der Waals surface area (Å²) in [6.45, 7) is 5.41. The summed E-state index contributed by atoms with van der Waals surface area (Å²) in [5.74, 6) is -1.09. The average Bonchev–Trinajstić information content (AvgIpc) is 2.67. The van der Waals surface area contributed by atoms with Crippen LogP contribution in [0.15, 0.2) is 51.8 Å². The van der Waals surface area contributed by atoms with Gasteiger partial charge in [-0.15, -0.1) is 0 Å². The van der Waals surface area contributed by atoms with Gasteiger partial charge in [-0.2, -0.15) is 4.31 Å². The molecule has 0 saturated heterocycles. The molecule has 0 radical (unpaired) electrons. The number of hydrogen-bond donors (Lipinski definition) is 0. The molecule has 0 aliphatic heterocycles. The predicted molar refractivity (Wildman–Crippen MR) is 110 cm³/mol. The predicted octanol–water partition coefficient (Wildman–Crippen LogP) is 3.83. The van der Waals surface area contributed by atoms with Crippen LogP contribution >= 0.6 is 15.9 Å². The number of hydrogen-bond acceptors (Lipinski definition) is 5. The molecule has 0 saturated carbocycles. The Labute approximate surface area is 173 Å². The van der Waals surface area contributed by atoms with Gasteiger partial charge in [0.05, 0.1) is 10.5 Å². The number of carbonyl (C=O) groups excluding carboxylic acids is 2. The molecule has 0 N–H and O–H groups in total. The third kappa shape index (κ3) is 5.06. The molecule has 28 heavy (non-hydrogen) atoms. The van der Waals surface area contributed by atoms with Crippen LogP contribution in [0.5, 0.6) is 0 Å². The van der Waals surface area contributed by atoms with Crippen molar-refractivity contribution in [2.75, 3.05) is 19.7 Å². The Morgan fingerprint density at radius 2 is 1.57 bits per heavy atom. The average molecular weight is 468 g/mol. The summed E-state index contributed by atoms with van der Waals surface area (Å²) in [5.41, 5.74) is 1.04. The highest BCUT2D eigenvalue weighted by Crippen LogP contribution is 2.22. The first-order valence-electron chi connectivity index (χ1n) is 8.77. The maximum atomic E-state index is 12.8. The molecule has 2 aromatic carbocycles. The van der Waals surface area contributed by atoms with Gasteiger partial charge in [0.15, 0.2) is 12.4 Å². The monoisotopic (exact) mass is 467 g/mol. The molecule has 0 atom stereocenters. The van der Waals surface area contributed by atoms with Crippen LogP contribution in [0.2, 0.25) is 0 Å². The fourth-order valence-electron chi connectivity index (χ4n) is 2.64. The van der Waals surface area contributed by atoms with E-state index in [1.165, 1.54) is 16.4 Å². The summed E-state index contributed by atoms with van der Waals surface area (Å²) in [7, 11) is -3.71. The molecule has 2 aromatic rings. The van der Waals surface area contributed by atoms with Crippen LogP contribution in [0.3, 0.4) is 0 Å². The Bertz CT molecular complexity index is 967. The minimum Gasteiger partial charge on any atom is -0.454 e. The molecule has 0 heterocycles. The highest BCUT2D eigenvalue weighted by atomic mass is 79.9. The number of ether oxygens (including phenoxy) is 1. The summed E-state index contributed by atoms with van der Waals surface area (Å²) in [4.78, 5) is 24.5. The van der Waals surface area contributed by atoms with Crippen molar-refractivity contribution in [3.63, 3.8) is 0 Å². The van der Waals surface area contributed by atoms with E-state index in [9.17, 15) is 18.0 Å². The molecule has 0 aliphatic carbocycles. The van der Waals surface area contributed by atoms with Gasteiger partial charge in [0.2, 0.25) is 10.0 Å². The lowest BCUT2D eigenvalue weighted by molar-refractivity contribution is 0.0474. The molecule has 0 aromatic heterocycles. The van der Waals surface area contributed by atoms with Gasteiger partial charge in [-0.05, 0) is 36.8 Å². The van der Waals surface area contributed by atoms with Crippen molar-refractivity contribution in [2.24, 2.45) is 0 Å². The molecular formula is C20H22BrNO5S. The van der Waals surface area contributed by atoms with E-state index in [4.69, 9.17) is 4.74 Å². The third-order valence-corrected chi connectivity index (χ3v) is 6.97. The van der Waals surface area contributed by atoms with Crippen LogP contribution in [0.25, 0.3) is 0 Å². The number of aryl methyl sites for hydroxylation is 1. The SMILES string of the molecule is CCN(CC)S(=O)(=O)c1cc(C(=O)OCC(=O)c2ccc(Br)cc2)ccc1C. The van der Waals surface area contributed by atoms with Crippen molar-refractivity contribution in [1.29, 1.82) is 0 Å². The molecule has 0 spiro atoms. The first-order chi connectivity index (χ1) is 13.2. The first-order valence-corrected chi connectivity index (χ1v) is 11.0. The molecule has 0 unspecified atom stereocenters. The second kappa shape index (κ2) is 9.45. The van der Waals surface area contributed by atoms with E-state index in [-0.39, 0.29) is 16.2 Å². The molecule has 150 valence electrons. The van der Waals surface area contributed by atoms with Crippen molar-refractivity contribution in [2.45, 2.75) is 25.7 Å². The van der Waals surface area contributed by atoms with Gasteiger partial charge in [0, 0.05) is 23.1 Å². The smallest absolute Gasteiger partial charge is 0.338 e. The molecule has 0 bridgehead atoms. The van der Waals surface area contributed by atoms with Gasteiger partial charge in [0.1, 0.15) is 0 Å². The largest absolute Gasteiger partial charge is 0.454 e. The number of sulfonamides is 1. The molecule has 0 aliphatic rings. The first kappa shape index (κ1) is 22.3. The van der Waals surface area contributed by atoms with E-state index >= 15 is 0 Å². The van der Waals surface area contributed by atoms with Crippen molar-refractivity contribution in [3.05, 3.63) is 63.6 Å². The number of esters is 1. The van der Waals surface area contributed by atoms with E-state index < -0.39 is 22.6 Å². The molecule has 0 fully saturated rings. The summed E-state index contributed by atoms with van der Waals surface area (Å²) < 4.78 is 32.8. The maximum Gasteiger partial charge on any atom is 0.338 e. The number of ketones is 1. The zero-order chi connectivity index (χ0) is 20.9. The van der Waals surface area contributed by atoms with Crippen LogP contribution in [0.1, 0.15) is 40.1 Å². The van der Waals surface area contributed by atoms with E-state index in [0.29, 0.717) is 24.2 Å². The van der Waals surface area contributed by atoms with Gasteiger partial charge in [-0.3, -0.25) is 4.79 Å². The summed E-state index contributed by atoms with van der Waals surface area (Å²) in [6, 6.07) is 11.0. The lowest BCUT2D eigenvalue weighted by Gasteiger charge is -2.20. The Hall–Kier alpha value is -2.03. The standard InChI is InChI=1S/C20H22BrNO5S/c1-4-22(5-2)28(25,26)19-12-16(7-6-14(19)3)20(24)27-13-18(23)15-8-10-17(21)11-9-15/h6-12H,4-5,13H2,1-3H3. The zero-order valence-corrected chi connectivity index (χ0v) is 18.3. The van der Waals surface area contributed by atoms with E-state index in [1.54, 1.807) is 51.1 Å². The van der Waals surface area contributed by atoms with Crippen molar-refractivity contribution in [1.82, 2.24) is 4.31 Å². The summed E-state index contributed by atoms with van der Waals surface area (Å²) >= 11 is 3.29. The number of rotatable bonds is 8. The number of Topliss-reactive ketones (excluding diaryl/α,β-unsaturated/α-hetero) is 1. The van der Waals surface area contributed by atoms with Gasteiger partial charge in [-0.1, -0.05) is 48.0 Å². The number of nitrogens with zero attached hydrogens (tertiary/aromatic N) is 1. The van der Waals surface area contributed by atoms with E-state index in [2.05, 4.69) is 15.9 Å². The fourth-order valence-corrected chi connectivity index (χ4v) is 4.61. The molecule has 6 nitrogen and oxygen atoms in total. The van der Waals surface area contributed by atoms with Gasteiger partial charge in [0.25, 0.3) is 0 Å². The molecular weight excluding hydrogens is 446 g/mol. The Morgan fingerprint density at radius 3 is 2.14 bits per heavy atom. The normalized spacial score (nSPS) is 11.5. The lowest BCUT2D eigenvalue weighted by atomic mass is 10.1. The number of carbonyl (C=O) groups is 2. The summed E-state index contributed by atoms with van der Waals surface area (Å²) in [5, 5.41) is 0. The summed E-state index contributed by atoms with van der Waals surface area (Å²) in [6.07, 6.45) is 0. The highest BCUT2D eigenvalue weighted by molar-refractivity contribution is 9.10. The highest BCUT2D eigenvalue weighted by Gasteiger charge is 2.25. The third-order valence-electron chi connectivity index (χ3n) is 4.25. The van der Waals surface area contributed by atoms with Crippen LogP contribution in [0.4, 0.5) is 0 Å². The fraction of sp³-hybridized carbons (Fsp3) is 0.300. The molecule has 8 heteroatoms. The van der Waals surface area contributed by atoms with Crippen LogP contribution in [0, 0.1) is 6.92 Å². The number of benzene rings is 2. The number of halogens is 1. The second-order valence-corrected chi connectivity index (χ2v) is 8.90. The lowest BCUT2D eigenvalue weighted by Crippen LogP contribution is -2.31. The van der Waals surface area contributed by atoms with E-state index in [1.807, 2.05) is 0 Å². The minimum atomic E-state index is -3.71. The van der Waals surface area contributed by atoms with Crippen LogP contribution in [-0.4, -0.2) is 44.2 Å². The van der Waals surface area contributed by atoms with Gasteiger partial charge < -0.3 is 4.74 Å². The van der Waals surface area contributed by atoms with Crippen LogP contribution < -0.4 is 0 Å². The Morgan fingerprint density at radius 1 is 1.00 bits per heavy atom. The van der Waals surface area contributed by atoms with Crippen molar-refractivity contribution in [3.8, 4) is 0 Å². The second-order valence-electron chi connectivity index (χ2n) is 6.08. The van der Waals surface area contributed by atoms with Crippen molar-refractivity contribution >= 4 is 37.7 Å². The zero-order valence-electron chi connectivity index (χ0n) is 15.9. The molecule has 0 amide bonds. The Kier molecular flexibility index (Phi) is 7.51. The van der Waals surface area contributed by atoms with Crippen molar-refractivity contribution < 1.29 is 22.7 Å². The minimum absolute atomic E-state index is 0.0601. The topological polar surface area (TPSA) is 80.8 Å². The Balaban J connectivity index is 2.18. The van der Waals surface area contributed by atoms with Crippen LogP contribution in [-0.2, 0) is 14.8 Å². The molecule has 2 rings (SSSR count). The van der Waals surface area contributed by atoms with E-state index in [0.717, 1.165) is 4.47 Å².